The van der Waals surface area contributed by atoms with Crippen molar-refractivity contribution in [3.8, 4) is 45.3 Å². The molecule has 0 N–H and O–H groups in total. The second-order valence-corrected chi connectivity index (χ2v) is 23.8. The summed E-state index contributed by atoms with van der Waals surface area (Å²) in [7, 11) is 0. The highest BCUT2D eigenvalue weighted by Gasteiger charge is 2.49. The van der Waals surface area contributed by atoms with Crippen LogP contribution in [-0.4, -0.2) is 6.71 Å². The average Bonchev–Trinajstić information content (AvgIpc) is 3.73. The van der Waals surface area contributed by atoms with Gasteiger partial charge in [0.15, 0.2) is 0 Å². The Bertz CT molecular complexity index is 3380. The van der Waals surface area contributed by atoms with Gasteiger partial charge in [-0.05, 0) is 157 Å². The van der Waals surface area contributed by atoms with Gasteiger partial charge in [0, 0.05) is 61.5 Å². The van der Waals surface area contributed by atoms with Crippen molar-refractivity contribution in [2.24, 2.45) is 0 Å². The number of benzene rings is 9. The summed E-state index contributed by atoms with van der Waals surface area (Å²) in [6.45, 7) is 23.4. The molecule has 0 saturated heterocycles. The maximum atomic E-state index is 7.45. The van der Waals surface area contributed by atoms with E-state index in [1.807, 2.05) is 0 Å². The number of anilines is 6. The standard InChI is InChI=1S/C68H61BN2O2/c1-65(2,3)56-39-57(66(4,5)6)64-62-63(56)72-60-37-50-48-33-31-46(70(42-23-15-11-16-24-42)43-25-17-12-18-26-43)35-52(48)67(7,8)54(50)40-58(60)69(62)59-41-55-51(38-61(59)73-64)49-34-32-47(36-53(49)68(55,9)10)71(44-27-19-13-20-28-44)45-29-21-14-22-30-45/h11-41H,1-10H3. The zero-order valence-corrected chi connectivity index (χ0v) is 43.7. The molecular formula is C68H61BN2O2. The van der Waals surface area contributed by atoms with E-state index in [9.17, 15) is 0 Å². The lowest BCUT2D eigenvalue weighted by molar-refractivity contribution is 0.432. The number of rotatable bonds is 6. The molecule has 0 unspecified atom stereocenters. The second-order valence-electron chi connectivity index (χ2n) is 23.8. The van der Waals surface area contributed by atoms with Gasteiger partial charge in [-0.2, -0.15) is 0 Å². The third kappa shape index (κ3) is 6.88. The van der Waals surface area contributed by atoms with E-state index >= 15 is 0 Å². The Morgan fingerprint density at radius 2 is 0.685 bits per heavy atom. The van der Waals surface area contributed by atoms with E-state index in [1.165, 1.54) is 66.6 Å². The number of nitrogens with zero attached hydrogens (tertiary/aromatic N) is 2. The van der Waals surface area contributed by atoms with E-state index in [-0.39, 0.29) is 28.4 Å². The quantitative estimate of drug-likeness (QED) is 0.155. The minimum Gasteiger partial charge on any atom is -0.458 e. The molecule has 0 atom stereocenters. The Morgan fingerprint density at radius 1 is 0.356 bits per heavy atom. The highest BCUT2D eigenvalue weighted by molar-refractivity contribution is 6.98. The van der Waals surface area contributed by atoms with Gasteiger partial charge in [-0.15, -0.1) is 0 Å². The highest BCUT2D eigenvalue weighted by atomic mass is 16.5. The third-order valence-electron chi connectivity index (χ3n) is 16.4. The van der Waals surface area contributed by atoms with E-state index in [2.05, 4.69) is 267 Å². The molecule has 2 aliphatic carbocycles. The van der Waals surface area contributed by atoms with Crippen molar-refractivity contribution in [2.45, 2.75) is 90.9 Å². The number of hydrogen-bond donors (Lipinski definition) is 0. The van der Waals surface area contributed by atoms with Crippen LogP contribution in [0.5, 0.6) is 23.0 Å². The monoisotopic (exact) mass is 948 g/mol. The zero-order chi connectivity index (χ0) is 50.3. The predicted molar refractivity (Wildman–Crippen MR) is 306 cm³/mol. The Hall–Kier alpha value is -7.76. The first-order valence-corrected chi connectivity index (χ1v) is 26.0. The van der Waals surface area contributed by atoms with Gasteiger partial charge < -0.3 is 19.3 Å². The van der Waals surface area contributed by atoms with Crippen LogP contribution < -0.4 is 35.7 Å². The largest absolute Gasteiger partial charge is 0.458 e. The molecule has 2 heterocycles. The van der Waals surface area contributed by atoms with Gasteiger partial charge in [0.05, 0.1) is 0 Å². The van der Waals surface area contributed by atoms with Crippen molar-refractivity contribution in [1.29, 1.82) is 0 Å². The molecule has 4 aliphatic rings. The Kier molecular flexibility index (Phi) is 9.81. The van der Waals surface area contributed by atoms with E-state index < -0.39 is 0 Å². The van der Waals surface area contributed by atoms with E-state index in [0.717, 1.165) is 62.6 Å². The number of para-hydroxylation sites is 4. The second kappa shape index (κ2) is 15.9. The first-order valence-electron chi connectivity index (χ1n) is 26.0. The maximum absolute atomic E-state index is 7.45. The van der Waals surface area contributed by atoms with Gasteiger partial charge in [-0.25, -0.2) is 0 Å². The average molecular weight is 949 g/mol. The van der Waals surface area contributed by atoms with Crippen LogP contribution in [0.3, 0.4) is 0 Å². The molecule has 0 spiro atoms. The molecule has 5 heteroatoms. The van der Waals surface area contributed by atoms with Crippen LogP contribution in [0.2, 0.25) is 0 Å². The lowest BCUT2D eigenvalue weighted by Gasteiger charge is -2.40. The van der Waals surface area contributed by atoms with Crippen LogP contribution in [-0.2, 0) is 21.7 Å². The SMILES string of the molecule is CC(C)(C)c1cc(C(C)(C)C)c2c3c1Oc1cc4c(cc1B3c1cc3c(cc1O2)-c1ccc(N(c2ccccc2)c2ccccc2)cc1C3(C)C)C(C)(C)c1cc(N(c2ccccc2)c2ccccc2)ccc1-4. The summed E-state index contributed by atoms with van der Waals surface area (Å²) >= 11 is 0. The maximum Gasteiger partial charge on any atom is 0.260 e. The molecule has 13 rings (SSSR count). The third-order valence-corrected chi connectivity index (χ3v) is 16.4. The van der Waals surface area contributed by atoms with E-state index in [0.29, 0.717) is 0 Å². The van der Waals surface area contributed by atoms with Gasteiger partial charge in [0.25, 0.3) is 6.71 Å². The summed E-state index contributed by atoms with van der Waals surface area (Å²) in [6, 6.07) is 69.1. The fourth-order valence-corrected chi connectivity index (χ4v) is 12.6. The van der Waals surface area contributed by atoms with Crippen molar-refractivity contribution in [3.63, 3.8) is 0 Å². The summed E-state index contributed by atoms with van der Waals surface area (Å²) < 4.78 is 14.9. The van der Waals surface area contributed by atoms with Crippen LogP contribution in [0.1, 0.15) is 103 Å². The van der Waals surface area contributed by atoms with Crippen LogP contribution in [0, 0.1) is 0 Å². The number of ether oxygens (including phenoxy) is 2. The van der Waals surface area contributed by atoms with Gasteiger partial charge in [0.2, 0.25) is 0 Å². The molecule has 358 valence electrons. The summed E-state index contributed by atoms with van der Waals surface area (Å²) in [5.74, 6) is 3.70. The molecule has 0 aromatic heterocycles. The van der Waals surface area contributed by atoms with Crippen molar-refractivity contribution in [2.75, 3.05) is 9.80 Å². The molecular weight excluding hydrogens is 888 g/mol. The molecule has 0 saturated carbocycles. The fraction of sp³-hybridized carbons (Fsp3) is 0.206. The van der Waals surface area contributed by atoms with Gasteiger partial charge in [-0.1, -0.05) is 166 Å². The minimum atomic E-state index is -0.303. The molecule has 9 aromatic carbocycles. The van der Waals surface area contributed by atoms with Gasteiger partial charge in [0.1, 0.15) is 23.0 Å². The summed E-state index contributed by atoms with van der Waals surface area (Å²) in [5.41, 5.74) is 21.9. The van der Waals surface area contributed by atoms with E-state index in [1.54, 1.807) is 0 Å². The van der Waals surface area contributed by atoms with E-state index in [4.69, 9.17) is 9.47 Å². The molecule has 0 radical (unpaired) electrons. The van der Waals surface area contributed by atoms with Crippen LogP contribution in [0.4, 0.5) is 34.1 Å². The van der Waals surface area contributed by atoms with Gasteiger partial charge >= 0.3 is 0 Å². The highest BCUT2D eigenvalue weighted by Crippen LogP contribution is 2.56. The minimum absolute atomic E-state index is 0.125. The van der Waals surface area contributed by atoms with Crippen molar-refractivity contribution >= 4 is 57.2 Å². The Morgan fingerprint density at radius 3 is 1.01 bits per heavy atom. The first kappa shape index (κ1) is 45.1. The Labute approximate surface area is 432 Å². The van der Waals surface area contributed by atoms with Gasteiger partial charge in [-0.3, -0.25) is 0 Å². The number of fused-ring (bicyclic) bond motifs is 10. The first-order chi connectivity index (χ1) is 35.0. The summed E-state index contributed by atoms with van der Waals surface area (Å²) in [4.78, 5) is 4.74. The Balaban J connectivity index is 0.992. The molecule has 2 aliphatic heterocycles. The van der Waals surface area contributed by atoms with Crippen molar-refractivity contribution in [3.05, 3.63) is 221 Å². The molecule has 0 amide bonds. The zero-order valence-electron chi connectivity index (χ0n) is 43.7. The normalized spacial score (nSPS) is 14.8. The number of hydrogen-bond acceptors (Lipinski definition) is 4. The molecule has 73 heavy (non-hydrogen) atoms. The smallest absolute Gasteiger partial charge is 0.260 e. The molecule has 4 nitrogen and oxygen atoms in total. The topological polar surface area (TPSA) is 24.9 Å². The molecule has 0 bridgehead atoms. The fourth-order valence-electron chi connectivity index (χ4n) is 12.6. The summed E-state index contributed by atoms with van der Waals surface area (Å²) in [5, 5.41) is 0. The molecule has 9 aromatic rings. The van der Waals surface area contributed by atoms with Crippen LogP contribution >= 0.6 is 0 Å². The summed E-state index contributed by atoms with van der Waals surface area (Å²) in [6.07, 6.45) is 0. The van der Waals surface area contributed by atoms with Crippen molar-refractivity contribution in [1.82, 2.24) is 0 Å². The van der Waals surface area contributed by atoms with Crippen LogP contribution in [0.15, 0.2) is 188 Å². The molecule has 0 fully saturated rings. The lowest BCUT2D eigenvalue weighted by atomic mass is 9.34. The lowest BCUT2D eigenvalue weighted by Crippen LogP contribution is -2.58. The van der Waals surface area contributed by atoms with Crippen molar-refractivity contribution < 1.29 is 9.47 Å². The predicted octanol–water partition coefficient (Wildman–Crippen LogP) is 16.6. The van der Waals surface area contributed by atoms with Crippen LogP contribution in [0.25, 0.3) is 22.3 Å².